The van der Waals surface area contributed by atoms with Crippen LogP contribution in [0.2, 0.25) is 0 Å². The Bertz CT molecular complexity index is 620. The Hall–Kier alpha value is -1.28. The Morgan fingerprint density at radius 2 is 2.43 bits per heavy atom. The highest BCUT2D eigenvalue weighted by molar-refractivity contribution is 7.14. The first-order valence-corrected chi connectivity index (χ1v) is 9.41. The molecule has 0 spiro atoms. The number of carbonyl (C=O) groups excluding carboxylic acids is 1. The van der Waals surface area contributed by atoms with E-state index in [0.29, 0.717) is 6.61 Å². The summed E-state index contributed by atoms with van der Waals surface area (Å²) < 4.78 is 16.3. The van der Waals surface area contributed by atoms with Crippen LogP contribution >= 0.6 is 22.7 Å². The fraction of sp³-hybridized carbons (Fsp3) is 0.500. The molecule has 124 valence electrons. The highest BCUT2D eigenvalue weighted by atomic mass is 32.1. The van der Waals surface area contributed by atoms with Crippen LogP contribution in [0.4, 0.5) is 0 Å². The summed E-state index contributed by atoms with van der Waals surface area (Å²) in [6.07, 6.45) is 1.57. The fourth-order valence-corrected chi connectivity index (χ4v) is 3.77. The van der Waals surface area contributed by atoms with E-state index in [2.05, 4.69) is 10.4 Å². The lowest BCUT2D eigenvalue weighted by atomic mass is 10.2. The van der Waals surface area contributed by atoms with E-state index in [4.69, 9.17) is 14.2 Å². The summed E-state index contributed by atoms with van der Waals surface area (Å²) in [5.41, 5.74) is 1.86. The molecule has 5 nitrogen and oxygen atoms in total. The molecule has 0 amide bonds. The highest BCUT2D eigenvalue weighted by Gasteiger charge is 2.21. The molecule has 7 heteroatoms. The van der Waals surface area contributed by atoms with Crippen LogP contribution in [0.3, 0.4) is 0 Å². The molecule has 1 aliphatic rings. The number of hydrogen-bond donors (Lipinski definition) is 0. The maximum absolute atomic E-state index is 11.9. The second-order valence-electron chi connectivity index (χ2n) is 5.37. The lowest BCUT2D eigenvalue weighted by Crippen LogP contribution is -2.27. The summed E-state index contributed by atoms with van der Waals surface area (Å²) in [6.45, 7) is 3.10. The van der Waals surface area contributed by atoms with E-state index in [1.165, 1.54) is 0 Å². The number of thiazole rings is 1. The summed E-state index contributed by atoms with van der Waals surface area (Å²) in [5, 5.41) is 6.93. The van der Waals surface area contributed by atoms with E-state index in [0.717, 1.165) is 35.7 Å². The Balaban J connectivity index is 1.43. The van der Waals surface area contributed by atoms with Crippen molar-refractivity contribution in [2.75, 3.05) is 13.2 Å². The van der Waals surface area contributed by atoms with Gasteiger partial charge < -0.3 is 14.2 Å². The molecule has 2 aromatic heterocycles. The third-order valence-electron chi connectivity index (χ3n) is 3.57. The van der Waals surface area contributed by atoms with Gasteiger partial charge in [0.2, 0.25) is 0 Å². The number of esters is 1. The van der Waals surface area contributed by atoms with Crippen molar-refractivity contribution in [3.8, 4) is 10.6 Å². The molecule has 0 saturated carbocycles. The zero-order chi connectivity index (χ0) is 16.1. The van der Waals surface area contributed by atoms with Gasteiger partial charge in [-0.05, 0) is 31.2 Å². The van der Waals surface area contributed by atoms with Crippen LogP contribution in [-0.4, -0.2) is 36.4 Å². The van der Waals surface area contributed by atoms with Gasteiger partial charge in [-0.15, -0.1) is 11.3 Å². The van der Waals surface area contributed by atoms with E-state index in [-0.39, 0.29) is 18.7 Å². The van der Waals surface area contributed by atoms with Gasteiger partial charge in [0.1, 0.15) is 11.6 Å². The largest absolute Gasteiger partial charge is 0.457 e. The number of aromatic nitrogens is 1. The lowest BCUT2D eigenvalue weighted by Gasteiger charge is -2.15. The molecule has 1 fully saturated rings. The molecule has 0 bridgehead atoms. The molecule has 0 radical (unpaired) electrons. The molecule has 2 aromatic rings. The molecule has 0 aliphatic carbocycles. The third-order valence-corrected chi connectivity index (χ3v) is 5.19. The van der Waals surface area contributed by atoms with Crippen molar-refractivity contribution in [2.24, 2.45) is 0 Å². The van der Waals surface area contributed by atoms with Crippen molar-refractivity contribution in [2.45, 2.75) is 38.6 Å². The maximum atomic E-state index is 11.9. The van der Waals surface area contributed by atoms with E-state index in [9.17, 15) is 4.79 Å². The molecule has 0 aromatic carbocycles. The molecular formula is C16H19NO4S2. The van der Waals surface area contributed by atoms with Crippen LogP contribution in [0, 0.1) is 0 Å². The van der Waals surface area contributed by atoms with E-state index in [1.807, 2.05) is 16.8 Å². The predicted molar refractivity (Wildman–Crippen MR) is 89.6 cm³/mol. The van der Waals surface area contributed by atoms with Crippen LogP contribution in [0.25, 0.3) is 10.6 Å². The number of hydrogen-bond acceptors (Lipinski definition) is 7. The maximum Gasteiger partial charge on any atom is 0.335 e. The fourth-order valence-electron chi connectivity index (χ4n) is 2.25. The van der Waals surface area contributed by atoms with Crippen LogP contribution in [0.5, 0.6) is 0 Å². The van der Waals surface area contributed by atoms with Crippen molar-refractivity contribution in [1.82, 2.24) is 4.98 Å². The monoisotopic (exact) mass is 353 g/mol. The Morgan fingerprint density at radius 3 is 3.17 bits per heavy atom. The molecule has 1 saturated heterocycles. The highest BCUT2D eigenvalue weighted by Crippen LogP contribution is 2.25. The molecule has 3 heterocycles. The molecule has 3 rings (SSSR count). The molecule has 23 heavy (non-hydrogen) atoms. The second kappa shape index (κ2) is 8.01. The molecule has 1 aliphatic heterocycles. The van der Waals surface area contributed by atoms with Crippen LogP contribution in [0.1, 0.15) is 25.5 Å². The lowest BCUT2D eigenvalue weighted by molar-refractivity contribution is -0.159. The smallest absolute Gasteiger partial charge is 0.335 e. The minimum Gasteiger partial charge on any atom is -0.457 e. The van der Waals surface area contributed by atoms with E-state index in [1.54, 1.807) is 29.6 Å². The summed E-state index contributed by atoms with van der Waals surface area (Å²) >= 11 is 3.19. The van der Waals surface area contributed by atoms with Crippen LogP contribution < -0.4 is 0 Å². The zero-order valence-corrected chi connectivity index (χ0v) is 14.5. The SMILES string of the molecule is CC(OCC1CCCO1)C(=O)OCc1csc(-c2ccsc2)n1. The van der Waals surface area contributed by atoms with Crippen molar-refractivity contribution in [3.05, 3.63) is 27.9 Å². The Morgan fingerprint density at radius 1 is 1.52 bits per heavy atom. The first-order valence-electron chi connectivity index (χ1n) is 7.59. The second-order valence-corrected chi connectivity index (χ2v) is 7.01. The zero-order valence-electron chi connectivity index (χ0n) is 12.9. The average Bonchev–Trinajstić information content (AvgIpc) is 3.32. The topological polar surface area (TPSA) is 57.7 Å². The van der Waals surface area contributed by atoms with Gasteiger partial charge in [-0.1, -0.05) is 0 Å². The summed E-state index contributed by atoms with van der Waals surface area (Å²) in [6, 6.07) is 2.03. The van der Waals surface area contributed by atoms with Gasteiger partial charge >= 0.3 is 5.97 Å². The minimum atomic E-state index is -0.589. The quantitative estimate of drug-likeness (QED) is 0.713. The normalized spacial score (nSPS) is 18.9. The van der Waals surface area contributed by atoms with Gasteiger partial charge in [-0.2, -0.15) is 11.3 Å². The molecule has 2 atom stereocenters. The molecule has 2 unspecified atom stereocenters. The van der Waals surface area contributed by atoms with Gasteiger partial charge in [-0.25, -0.2) is 9.78 Å². The van der Waals surface area contributed by atoms with Crippen molar-refractivity contribution in [3.63, 3.8) is 0 Å². The van der Waals surface area contributed by atoms with E-state index < -0.39 is 6.10 Å². The number of rotatable bonds is 7. The average molecular weight is 353 g/mol. The first-order chi connectivity index (χ1) is 11.2. The first kappa shape index (κ1) is 16.6. The van der Waals surface area contributed by atoms with Gasteiger partial charge in [0.15, 0.2) is 6.10 Å². The van der Waals surface area contributed by atoms with E-state index >= 15 is 0 Å². The standard InChI is InChI=1S/C16H19NO4S2/c1-11(20-8-14-3-2-5-19-14)16(18)21-7-13-10-23-15(17-13)12-4-6-22-9-12/h4,6,9-11,14H,2-3,5,7-8H2,1H3. The number of ether oxygens (including phenoxy) is 3. The number of nitrogens with zero attached hydrogens (tertiary/aromatic N) is 1. The minimum absolute atomic E-state index is 0.108. The van der Waals surface area contributed by atoms with Crippen molar-refractivity contribution in [1.29, 1.82) is 0 Å². The van der Waals surface area contributed by atoms with Gasteiger partial charge in [-0.3, -0.25) is 0 Å². The summed E-state index contributed by atoms with van der Waals surface area (Å²) in [5.74, 6) is -0.368. The predicted octanol–water partition coefficient (Wildman–Crippen LogP) is 3.50. The third kappa shape index (κ3) is 4.60. The van der Waals surface area contributed by atoms with Crippen molar-refractivity contribution < 1.29 is 19.0 Å². The van der Waals surface area contributed by atoms with Gasteiger partial charge in [0.05, 0.1) is 18.4 Å². The van der Waals surface area contributed by atoms with Gasteiger partial charge in [0.25, 0.3) is 0 Å². The van der Waals surface area contributed by atoms with Crippen LogP contribution in [-0.2, 0) is 25.6 Å². The molecule has 0 N–H and O–H groups in total. The van der Waals surface area contributed by atoms with Crippen LogP contribution in [0.15, 0.2) is 22.2 Å². The Labute approximate surface area is 143 Å². The number of carbonyl (C=O) groups is 1. The van der Waals surface area contributed by atoms with Gasteiger partial charge in [0, 0.05) is 22.9 Å². The summed E-state index contributed by atoms with van der Waals surface area (Å²) in [7, 11) is 0. The summed E-state index contributed by atoms with van der Waals surface area (Å²) in [4.78, 5) is 16.4. The van der Waals surface area contributed by atoms with Crippen molar-refractivity contribution >= 4 is 28.6 Å². The number of thiophene rings is 1. The Kier molecular flexibility index (Phi) is 5.77. The molecular weight excluding hydrogens is 334 g/mol.